The molecule has 2 aromatic carbocycles. The first kappa shape index (κ1) is 24.1. The van der Waals surface area contributed by atoms with E-state index in [0.29, 0.717) is 46.2 Å². The van der Waals surface area contributed by atoms with Crippen LogP contribution in [0.5, 0.6) is 11.5 Å². The van der Waals surface area contributed by atoms with Gasteiger partial charge in [-0.3, -0.25) is 4.79 Å². The van der Waals surface area contributed by atoms with Gasteiger partial charge in [0.05, 0.1) is 24.1 Å². The summed E-state index contributed by atoms with van der Waals surface area (Å²) in [5.74, 6) is 2.19. The van der Waals surface area contributed by atoms with Gasteiger partial charge in [-0.15, -0.1) is 10.2 Å². The highest BCUT2D eigenvalue weighted by atomic mass is 32.2. The Morgan fingerprint density at radius 2 is 1.82 bits per heavy atom. The van der Waals surface area contributed by atoms with Crippen molar-refractivity contribution in [3.8, 4) is 17.6 Å². The Kier molecular flexibility index (Phi) is 8.33. The third kappa shape index (κ3) is 6.26. The highest BCUT2D eigenvalue weighted by molar-refractivity contribution is 7.99. The molecule has 0 fully saturated rings. The van der Waals surface area contributed by atoms with Crippen molar-refractivity contribution in [2.45, 2.75) is 38.6 Å². The van der Waals surface area contributed by atoms with Gasteiger partial charge in [0.2, 0.25) is 5.91 Å². The summed E-state index contributed by atoms with van der Waals surface area (Å²) in [4.78, 5) is 12.5. The smallest absolute Gasteiger partial charge is 0.234 e. The second-order valence-electron chi connectivity index (χ2n) is 7.75. The molecule has 0 bridgehead atoms. The summed E-state index contributed by atoms with van der Waals surface area (Å²) in [6.07, 6.45) is -0.377. The molecule has 1 amide bonds. The quantitative estimate of drug-likeness (QED) is 0.434. The van der Waals surface area contributed by atoms with Crippen molar-refractivity contribution in [2.24, 2.45) is 5.92 Å². The molecular formula is C24H27N5O3S. The van der Waals surface area contributed by atoms with E-state index in [9.17, 15) is 10.1 Å². The lowest BCUT2D eigenvalue weighted by atomic mass is 10.2. The van der Waals surface area contributed by atoms with Crippen molar-refractivity contribution >= 4 is 23.4 Å². The Balaban J connectivity index is 1.73. The topological polar surface area (TPSA) is 102 Å². The van der Waals surface area contributed by atoms with Gasteiger partial charge in [0.1, 0.15) is 6.07 Å². The maximum atomic E-state index is 12.5. The van der Waals surface area contributed by atoms with E-state index in [1.165, 1.54) is 11.8 Å². The molecule has 172 valence electrons. The number of aromatic nitrogens is 3. The molecule has 0 aliphatic heterocycles. The zero-order chi connectivity index (χ0) is 23.8. The van der Waals surface area contributed by atoms with Crippen LogP contribution >= 0.6 is 11.8 Å². The van der Waals surface area contributed by atoms with Gasteiger partial charge in [0, 0.05) is 6.54 Å². The molecule has 9 heteroatoms. The lowest BCUT2D eigenvalue weighted by Crippen LogP contribution is -2.17. The molecular weight excluding hydrogens is 438 g/mol. The van der Waals surface area contributed by atoms with Gasteiger partial charge < -0.3 is 19.4 Å². The number of hydrogen-bond acceptors (Lipinski definition) is 7. The number of nitrogens with one attached hydrogen (secondary N) is 1. The van der Waals surface area contributed by atoms with Crippen LogP contribution in [0.3, 0.4) is 0 Å². The molecule has 1 atom stereocenters. The fourth-order valence-corrected chi connectivity index (χ4v) is 3.96. The Hall–Kier alpha value is -3.51. The average molecular weight is 466 g/mol. The third-order valence-electron chi connectivity index (χ3n) is 4.68. The van der Waals surface area contributed by atoms with Crippen LogP contribution < -0.4 is 14.8 Å². The largest absolute Gasteiger partial charge is 0.493 e. The van der Waals surface area contributed by atoms with E-state index in [0.717, 1.165) is 0 Å². The molecule has 0 aliphatic rings. The first-order valence-corrected chi connectivity index (χ1v) is 11.6. The van der Waals surface area contributed by atoms with Crippen LogP contribution in [-0.4, -0.2) is 33.5 Å². The normalized spacial score (nSPS) is 11.6. The summed E-state index contributed by atoms with van der Waals surface area (Å²) in [5, 5.41) is 21.3. The SMILES string of the molecule is COc1ccccc1OC(C)c1nnc(SCC(=O)Nc2ccccc2C#N)n1CC(C)C. The van der Waals surface area contributed by atoms with Gasteiger partial charge in [-0.1, -0.05) is 49.9 Å². The van der Waals surface area contributed by atoms with Crippen LogP contribution in [0.4, 0.5) is 5.69 Å². The maximum absolute atomic E-state index is 12.5. The van der Waals surface area contributed by atoms with E-state index in [-0.39, 0.29) is 17.8 Å². The number of nitriles is 1. The maximum Gasteiger partial charge on any atom is 0.234 e. The Morgan fingerprint density at radius 1 is 1.12 bits per heavy atom. The van der Waals surface area contributed by atoms with Crippen LogP contribution in [0, 0.1) is 17.2 Å². The van der Waals surface area contributed by atoms with Gasteiger partial charge in [-0.25, -0.2) is 0 Å². The van der Waals surface area contributed by atoms with Crippen molar-refractivity contribution in [1.82, 2.24) is 14.8 Å². The van der Waals surface area contributed by atoms with Crippen molar-refractivity contribution in [2.75, 3.05) is 18.2 Å². The van der Waals surface area contributed by atoms with Gasteiger partial charge in [-0.2, -0.15) is 5.26 Å². The molecule has 0 aliphatic carbocycles. The monoisotopic (exact) mass is 465 g/mol. The highest BCUT2D eigenvalue weighted by Crippen LogP contribution is 2.31. The van der Waals surface area contributed by atoms with Gasteiger partial charge in [-0.05, 0) is 37.1 Å². The number of carbonyl (C=O) groups is 1. The molecule has 3 aromatic rings. The summed E-state index contributed by atoms with van der Waals surface area (Å²) < 4.78 is 13.5. The van der Waals surface area contributed by atoms with Gasteiger partial charge in [0.15, 0.2) is 28.6 Å². The van der Waals surface area contributed by atoms with Crippen LogP contribution in [0.25, 0.3) is 0 Å². The molecule has 0 spiro atoms. The minimum Gasteiger partial charge on any atom is -0.493 e. The lowest BCUT2D eigenvalue weighted by Gasteiger charge is -2.19. The average Bonchev–Trinajstić information content (AvgIpc) is 3.20. The first-order chi connectivity index (χ1) is 15.9. The zero-order valence-electron chi connectivity index (χ0n) is 19.1. The van der Waals surface area contributed by atoms with E-state index in [1.807, 2.05) is 35.8 Å². The van der Waals surface area contributed by atoms with E-state index < -0.39 is 0 Å². The molecule has 0 saturated carbocycles. The fraction of sp³-hybridized carbons (Fsp3) is 0.333. The Bertz CT molecular complexity index is 1140. The summed E-state index contributed by atoms with van der Waals surface area (Å²) in [7, 11) is 1.60. The van der Waals surface area contributed by atoms with Crippen LogP contribution in [-0.2, 0) is 11.3 Å². The molecule has 1 unspecified atom stereocenters. The Morgan fingerprint density at radius 3 is 2.52 bits per heavy atom. The van der Waals surface area contributed by atoms with Crippen molar-refractivity contribution in [3.05, 3.63) is 59.9 Å². The predicted octanol–water partition coefficient (Wildman–Crippen LogP) is 4.69. The van der Waals surface area contributed by atoms with Gasteiger partial charge in [0.25, 0.3) is 0 Å². The van der Waals surface area contributed by atoms with E-state index in [2.05, 4.69) is 35.4 Å². The second-order valence-corrected chi connectivity index (χ2v) is 8.69. The van der Waals surface area contributed by atoms with Crippen molar-refractivity contribution < 1.29 is 14.3 Å². The minimum absolute atomic E-state index is 0.137. The molecule has 8 nitrogen and oxygen atoms in total. The number of nitrogens with zero attached hydrogens (tertiary/aromatic N) is 4. The third-order valence-corrected chi connectivity index (χ3v) is 5.65. The van der Waals surface area contributed by atoms with Gasteiger partial charge >= 0.3 is 0 Å². The number of carbonyl (C=O) groups excluding carboxylic acids is 1. The summed E-state index contributed by atoms with van der Waals surface area (Å²) in [6, 6.07) is 16.4. The number of ether oxygens (including phenoxy) is 2. The van der Waals surface area contributed by atoms with E-state index in [1.54, 1.807) is 31.4 Å². The van der Waals surface area contributed by atoms with Crippen molar-refractivity contribution in [3.63, 3.8) is 0 Å². The number of benzene rings is 2. The van der Waals surface area contributed by atoms with Crippen molar-refractivity contribution in [1.29, 1.82) is 5.26 Å². The number of anilines is 1. The first-order valence-electron chi connectivity index (χ1n) is 10.6. The molecule has 0 radical (unpaired) electrons. The predicted molar refractivity (Wildman–Crippen MR) is 127 cm³/mol. The number of amides is 1. The second kappa shape index (κ2) is 11.4. The molecule has 33 heavy (non-hydrogen) atoms. The molecule has 1 heterocycles. The molecule has 3 rings (SSSR count). The Labute approximate surface area is 197 Å². The number of hydrogen-bond donors (Lipinski definition) is 1. The van der Waals surface area contributed by atoms with E-state index in [4.69, 9.17) is 9.47 Å². The van der Waals surface area contributed by atoms with Crippen LogP contribution in [0.15, 0.2) is 53.7 Å². The standard InChI is InChI=1S/C24H27N5O3S/c1-16(2)14-29-23(17(3)32-21-12-8-7-11-20(21)31-4)27-28-24(29)33-15-22(30)26-19-10-6-5-9-18(19)13-25/h5-12,16-17H,14-15H2,1-4H3,(H,26,30). The zero-order valence-corrected chi connectivity index (χ0v) is 19.9. The minimum atomic E-state index is -0.377. The lowest BCUT2D eigenvalue weighted by molar-refractivity contribution is -0.113. The molecule has 1 N–H and O–H groups in total. The highest BCUT2D eigenvalue weighted by Gasteiger charge is 2.22. The number of para-hydroxylation sites is 3. The number of thioether (sulfide) groups is 1. The van der Waals surface area contributed by atoms with Crippen LogP contribution in [0.2, 0.25) is 0 Å². The summed E-state index contributed by atoms with van der Waals surface area (Å²) >= 11 is 1.30. The summed E-state index contributed by atoms with van der Waals surface area (Å²) in [6.45, 7) is 6.81. The number of rotatable bonds is 10. The van der Waals surface area contributed by atoms with Crippen LogP contribution in [0.1, 0.15) is 38.3 Å². The summed E-state index contributed by atoms with van der Waals surface area (Å²) in [5.41, 5.74) is 0.914. The molecule has 1 aromatic heterocycles. The molecule has 0 saturated heterocycles. The fourth-order valence-electron chi connectivity index (χ4n) is 3.21. The number of methoxy groups -OCH3 is 1. The van der Waals surface area contributed by atoms with E-state index >= 15 is 0 Å².